The molecular formula is C32H33F3N8O2. The molecule has 45 heavy (non-hydrogen) atoms. The van der Waals surface area contributed by atoms with Crippen LogP contribution in [0.3, 0.4) is 0 Å². The largest absolute Gasteiger partial charge is 0.454 e. The summed E-state index contributed by atoms with van der Waals surface area (Å²) in [6, 6.07) is 9.15. The molecule has 1 saturated heterocycles. The van der Waals surface area contributed by atoms with Crippen LogP contribution in [0.15, 0.2) is 54.4 Å². The Morgan fingerprint density at radius 1 is 1.20 bits per heavy atom. The van der Waals surface area contributed by atoms with Crippen LogP contribution in [-0.2, 0) is 4.79 Å². The standard InChI is InChI=1S/C32H33F3N8O2/c1-18(2)40-32(3,4)14-19(15-36)31(44)42-12-6-7-20(16-42)43-30-26(29(37)38-17-39-30)28(41-43)22-11-10-21(13-24(22)34)45-25-9-5-8-23(33)27(25)35/h5,8-11,13-14,17-18,20,40H,6-7,12,16H2,1-4H3,(H2,37,38,39). The van der Waals surface area contributed by atoms with Crippen molar-refractivity contribution in [3.8, 4) is 28.8 Å². The molecule has 1 aliphatic rings. The Morgan fingerprint density at radius 3 is 2.69 bits per heavy atom. The summed E-state index contributed by atoms with van der Waals surface area (Å²) in [6.45, 7) is 8.47. The minimum atomic E-state index is -1.19. The maximum atomic E-state index is 15.6. The van der Waals surface area contributed by atoms with Gasteiger partial charge in [-0.15, -0.1) is 0 Å². The number of ether oxygens (including phenoxy) is 1. The number of carbonyl (C=O) groups excluding carboxylic acids is 1. The fourth-order valence-corrected chi connectivity index (χ4v) is 5.68. The lowest BCUT2D eigenvalue weighted by atomic mass is 9.98. The van der Waals surface area contributed by atoms with Crippen molar-refractivity contribution in [2.75, 3.05) is 18.8 Å². The molecule has 3 N–H and O–H groups in total. The van der Waals surface area contributed by atoms with Gasteiger partial charge >= 0.3 is 0 Å². The number of amides is 1. The Labute approximate surface area is 258 Å². The van der Waals surface area contributed by atoms with E-state index in [2.05, 4.69) is 21.4 Å². The minimum absolute atomic E-state index is 0.0360. The van der Waals surface area contributed by atoms with Crippen LogP contribution < -0.4 is 15.8 Å². The number of nitrogens with two attached hydrogens (primary N) is 1. The molecule has 10 nitrogen and oxygen atoms in total. The number of benzene rings is 2. The van der Waals surface area contributed by atoms with Crippen LogP contribution in [0.25, 0.3) is 22.3 Å². The molecule has 0 aliphatic carbocycles. The highest BCUT2D eigenvalue weighted by Crippen LogP contribution is 2.37. The van der Waals surface area contributed by atoms with Crippen molar-refractivity contribution in [1.82, 2.24) is 30.0 Å². The third kappa shape index (κ3) is 6.61. The summed E-state index contributed by atoms with van der Waals surface area (Å²) in [5, 5.41) is 18.2. The highest BCUT2D eigenvalue weighted by atomic mass is 19.2. The van der Waals surface area contributed by atoms with Gasteiger partial charge in [-0.2, -0.15) is 14.8 Å². The zero-order chi connectivity index (χ0) is 32.5. The van der Waals surface area contributed by atoms with Crippen LogP contribution in [-0.4, -0.2) is 55.2 Å². The monoisotopic (exact) mass is 618 g/mol. The van der Waals surface area contributed by atoms with E-state index >= 15 is 4.39 Å². The van der Waals surface area contributed by atoms with Gasteiger partial charge in [0, 0.05) is 36.3 Å². The van der Waals surface area contributed by atoms with Gasteiger partial charge in [-0.1, -0.05) is 19.9 Å². The molecule has 4 aromatic rings. The van der Waals surface area contributed by atoms with Crippen molar-refractivity contribution in [3.63, 3.8) is 0 Å². The molecule has 0 bridgehead atoms. The topological polar surface area (TPSA) is 135 Å². The van der Waals surface area contributed by atoms with Gasteiger partial charge in [0.2, 0.25) is 5.82 Å². The van der Waals surface area contributed by atoms with Gasteiger partial charge in [-0.25, -0.2) is 23.4 Å². The lowest BCUT2D eigenvalue weighted by molar-refractivity contribution is -0.128. The van der Waals surface area contributed by atoms with Crippen LogP contribution in [0.5, 0.6) is 11.5 Å². The van der Waals surface area contributed by atoms with E-state index in [-0.39, 0.29) is 58.7 Å². The quantitative estimate of drug-likeness (QED) is 0.190. The van der Waals surface area contributed by atoms with Crippen molar-refractivity contribution < 1.29 is 22.7 Å². The van der Waals surface area contributed by atoms with E-state index in [9.17, 15) is 18.8 Å². The average molecular weight is 619 g/mol. The fourth-order valence-electron chi connectivity index (χ4n) is 5.68. The Morgan fingerprint density at radius 2 is 1.98 bits per heavy atom. The molecule has 1 unspecified atom stereocenters. The SMILES string of the molecule is CC(C)NC(C)(C)C=C(C#N)C(=O)N1CCCC(n2nc(-c3ccc(Oc4cccc(F)c4F)cc3F)c3c(N)ncnc32)C1. The third-order valence-electron chi connectivity index (χ3n) is 7.40. The van der Waals surface area contributed by atoms with E-state index < -0.39 is 23.0 Å². The summed E-state index contributed by atoms with van der Waals surface area (Å²) in [5.41, 5.74) is 6.28. The predicted octanol–water partition coefficient (Wildman–Crippen LogP) is 5.68. The molecule has 1 aliphatic heterocycles. The van der Waals surface area contributed by atoms with E-state index in [1.807, 2.05) is 27.7 Å². The van der Waals surface area contributed by atoms with Crippen LogP contribution >= 0.6 is 0 Å². The number of piperidine rings is 1. The highest BCUT2D eigenvalue weighted by Gasteiger charge is 2.31. The second-order valence-corrected chi connectivity index (χ2v) is 11.8. The number of likely N-dealkylation sites (tertiary alicyclic amines) is 1. The first-order valence-electron chi connectivity index (χ1n) is 14.5. The summed E-state index contributed by atoms with van der Waals surface area (Å²) >= 11 is 0. The Bertz CT molecular complexity index is 1830. The van der Waals surface area contributed by atoms with Gasteiger partial charge in [0.25, 0.3) is 5.91 Å². The van der Waals surface area contributed by atoms with Gasteiger partial charge in [-0.3, -0.25) is 4.79 Å². The van der Waals surface area contributed by atoms with E-state index in [1.54, 1.807) is 15.7 Å². The Kier molecular flexibility index (Phi) is 8.79. The van der Waals surface area contributed by atoms with Crippen molar-refractivity contribution in [2.24, 2.45) is 0 Å². The molecule has 3 heterocycles. The molecule has 1 atom stereocenters. The normalized spacial score (nSPS) is 15.8. The molecule has 13 heteroatoms. The molecule has 1 amide bonds. The van der Waals surface area contributed by atoms with Crippen molar-refractivity contribution >= 4 is 22.8 Å². The van der Waals surface area contributed by atoms with Crippen molar-refractivity contribution in [1.29, 1.82) is 5.26 Å². The van der Waals surface area contributed by atoms with E-state index in [4.69, 9.17) is 15.6 Å². The van der Waals surface area contributed by atoms with E-state index in [1.165, 1.54) is 30.6 Å². The Hall–Kier alpha value is -4.96. The van der Waals surface area contributed by atoms with E-state index in [0.717, 1.165) is 12.1 Å². The summed E-state index contributed by atoms with van der Waals surface area (Å²) in [7, 11) is 0. The van der Waals surface area contributed by atoms with Gasteiger partial charge in [0.1, 0.15) is 41.0 Å². The second kappa shape index (κ2) is 12.6. The average Bonchev–Trinajstić information content (AvgIpc) is 3.38. The van der Waals surface area contributed by atoms with Gasteiger partial charge in [-0.05, 0) is 57.0 Å². The number of nitrogens with zero attached hydrogens (tertiary/aromatic N) is 6. The fraction of sp³-hybridized carbons (Fsp3) is 0.344. The molecule has 0 saturated carbocycles. The maximum Gasteiger partial charge on any atom is 0.264 e. The zero-order valence-electron chi connectivity index (χ0n) is 25.3. The van der Waals surface area contributed by atoms with Crippen LogP contribution in [0.1, 0.15) is 46.6 Å². The first-order valence-corrected chi connectivity index (χ1v) is 14.5. The van der Waals surface area contributed by atoms with Crippen molar-refractivity contribution in [3.05, 3.63) is 71.8 Å². The smallest absolute Gasteiger partial charge is 0.264 e. The van der Waals surface area contributed by atoms with Crippen LogP contribution in [0.2, 0.25) is 0 Å². The number of aromatic nitrogens is 4. The number of halogens is 3. The third-order valence-corrected chi connectivity index (χ3v) is 7.40. The lowest BCUT2D eigenvalue weighted by Crippen LogP contribution is -2.44. The second-order valence-electron chi connectivity index (χ2n) is 11.8. The number of anilines is 1. The molecular weight excluding hydrogens is 585 g/mol. The summed E-state index contributed by atoms with van der Waals surface area (Å²) in [6.07, 6.45) is 4.21. The molecule has 0 spiro atoms. The highest BCUT2D eigenvalue weighted by molar-refractivity contribution is 5.99. The molecule has 0 radical (unpaired) electrons. The first-order chi connectivity index (χ1) is 21.4. The number of nitrogens with one attached hydrogen (secondary N) is 1. The number of nitriles is 1. The van der Waals surface area contributed by atoms with Gasteiger partial charge in [0.15, 0.2) is 17.2 Å². The number of carbonyl (C=O) groups is 1. The lowest BCUT2D eigenvalue weighted by Gasteiger charge is -2.33. The summed E-state index contributed by atoms with van der Waals surface area (Å²) in [5.74, 6) is -3.77. The Balaban J connectivity index is 1.46. The first kappa shape index (κ1) is 31.5. The number of rotatable bonds is 8. The number of nitrogen functional groups attached to an aromatic ring is 1. The number of hydrogen-bond acceptors (Lipinski definition) is 8. The molecule has 2 aromatic carbocycles. The molecule has 234 valence electrons. The van der Waals surface area contributed by atoms with Crippen molar-refractivity contribution in [2.45, 2.75) is 58.2 Å². The van der Waals surface area contributed by atoms with Gasteiger partial charge < -0.3 is 20.7 Å². The van der Waals surface area contributed by atoms with Crippen LogP contribution in [0.4, 0.5) is 19.0 Å². The van der Waals surface area contributed by atoms with E-state index in [0.29, 0.717) is 30.4 Å². The number of hydrogen-bond donors (Lipinski definition) is 2. The molecule has 2 aromatic heterocycles. The summed E-state index contributed by atoms with van der Waals surface area (Å²) < 4.78 is 50.3. The predicted molar refractivity (Wildman–Crippen MR) is 162 cm³/mol. The summed E-state index contributed by atoms with van der Waals surface area (Å²) in [4.78, 5) is 23.6. The minimum Gasteiger partial charge on any atom is -0.454 e. The maximum absolute atomic E-state index is 15.6. The zero-order valence-corrected chi connectivity index (χ0v) is 25.3. The number of fused-ring (bicyclic) bond motifs is 1. The van der Waals surface area contributed by atoms with Gasteiger partial charge in [0.05, 0.1) is 11.4 Å². The van der Waals surface area contributed by atoms with Crippen LogP contribution in [0, 0.1) is 28.8 Å². The molecule has 1 fully saturated rings. The molecule has 5 rings (SSSR count).